The van der Waals surface area contributed by atoms with Crippen LogP contribution in [0.4, 0.5) is 0 Å². The summed E-state index contributed by atoms with van der Waals surface area (Å²) in [7, 11) is 0. The first kappa shape index (κ1) is 18.9. The van der Waals surface area contributed by atoms with Crippen LogP contribution in [-0.4, -0.2) is 9.97 Å². The lowest BCUT2D eigenvalue weighted by atomic mass is 10.1. The van der Waals surface area contributed by atoms with Crippen LogP contribution in [0.15, 0.2) is 53.7 Å². The van der Waals surface area contributed by atoms with Gasteiger partial charge in [-0.05, 0) is 49.1 Å². The molecule has 2 aromatic carbocycles. The molecular formula is C22H21N3OS. The van der Waals surface area contributed by atoms with Crippen molar-refractivity contribution in [3.8, 4) is 17.7 Å². The molecule has 3 aromatic rings. The van der Waals surface area contributed by atoms with Gasteiger partial charge in [0, 0.05) is 17.5 Å². The normalized spacial score (nSPS) is 10.4. The van der Waals surface area contributed by atoms with Crippen LogP contribution in [0.1, 0.15) is 34.9 Å². The van der Waals surface area contributed by atoms with Gasteiger partial charge in [-0.15, -0.1) is 0 Å². The molecule has 0 bridgehead atoms. The SMILES string of the molecule is CCc1cc(Oc2cccc(C)c2C)nc(SCc2ccccc2C#N)n1. The molecule has 5 heteroatoms. The van der Waals surface area contributed by atoms with Crippen LogP contribution >= 0.6 is 11.8 Å². The molecule has 4 nitrogen and oxygen atoms in total. The molecule has 0 saturated carbocycles. The van der Waals surface area contributed by atoms with Gasteiger partial charge >= 0.3 is 0 Å². The summed E-state index contributed by atoms with van der Waals surface area (Å²) in [6.45, 7) is 6.16. The van der Waals surface area contributed by atoms with E-state index in [9.17, 15) is 5.26 Å². The third-order valence-corrected chi connectivity index (χ3v) is 5.26. The minimum absolute atomic E-state index is 0.548. The van der Waals surface area contributed by atoms with Gasteiger partial charge in [0.05, 0.1) is 11.6 Å². The molecule has 0 saturated heterocycles. The number of benzene rings is 2. The third kappa shape index (κ3) is 4.66. The second kappa shape index (κ2) is 8.70. The van der Waals surface area contributed by atoms with Crippen molar-refractivity contribution in [3.05, 3.63) is 76.5 Å². The molecule has 136 valence electrons. The first-order valence-corrected chi connectivity index (χ1v) is 9.82. The van der Waals surface area contributed by atoms with E-state index in [4.69, 9.17) is 4.74 Å². The maximum Gasteiger partial charge on any atom is 0.223 e. The van der Waals surface area contributed by atoms with Crippen molar-refractivity contribution in [1.29, 1.82) is 5.26 Å². The van der Waals surface area contributed by atoms with Crippen LogP contribution in [0, 0.1) is 25.2 Å². The van der Waals surface area contributed by atoms with Gasteiger partial charge in [0.25, 0.3) is 0 Å². The van der Waals surface area contributed by atoms with Crippen molar-refractivity contribution in [1.82, 2.24) is 9.97 Å². The zero-order valence-corrected chi connectivity index (χ0v) is 16.5. The number of aromatic nitrogens is 2. The maximum absolute atomic E-state index is 9.24. The molecule has 0 N–H and O–H groups in total. The van der Waals surface area contributed by atoms with Crippen molar-refractivity contribution < 1.29 is 4.74 Å². The van der Waals surface area contributed by atoms with Gasteiger partial charge in [-0.25, -0.2) is 4.98 Å². The lowest BCUT2D eigenvalue weighted by molar-refractivity contribution is 0.450. The average molecular weight is 375 g/mol. The molecule has 0 radical (unpaired) electrons. The molecule has 0 amide bonds. The lowest BCUT2D eigenvalue weighted by Gasteiger charge is -2.11. The van der Waals surface area contributed by atoms with Crippen molar-refractivity contribution >= 4 is 11.8 Å². The van der Waals surface area contributed by atoms with Gasteiger partial charge in [-0.2, -0.15) is 10.2 Å². The van der Waals surface area contributed by atoms with Gasteiger partial charge in [0.2, 0.25) is 5.88 Å². The van der Waals surface area contributed by atoms with Crippen LogP contribution in [0.2, 0.25) is 0 Å². The Morgan fingerprint density at radius 3 is 2.67 bits per heavy atom. The third-order valence-electron chi connectivity index (χ3n) is 4.36. The molecule has 1 heterocycles. The number of ether oxygens (including phenoxy) is 1. The predicted molar refractivity (Wildman–Crippen MR) is 108 cm³/mol. The molecule has 1 aromatic heterocycles. The Morgan fingerprint density at radius 1 is 1.07 bits per heavy atom. The van der Waals surface area contributed by atoms with E-state index in [1.807, 2.05) is 49.4 Å². The van der Waals surface area contributed by atoms with E-state index in [1.54, 1.807) is 0 Å². The van der Waals surface area contributed by atoms with E-state index in [1.165, 1.54) is 17.3 Å². The summed E-state index contributed by atoms with van der Waals surface area (Å²) in [5.74, 6) is 1.99. The maximum atomic E-state index is 9.24. The fraction of sp³-hybridized carbons (Fsp3) is 0.227. The van der Waals surface area contributed by atoms with Crippen molar-refractivity contribution in [3.63, 3.8) is 0 Å². The van der Waals surface area contributed by atoms with Crippen molar-refractivity contribution in [2.45, 2.75) is 38.1 Å². The number of aryl methyl sites for hydroxylation is 2. The number of nitrogens with zero attached hydrogens (tertiary/aromatic N) is 3. The fourth-order valence-corrected chi connectivity index (χ4v) is 3.46. The first-order chi connectivity index (χ1) is 13.1. The Hall–Kier alpha value is -2.84. The van der Waals surface area contributed by atoms with Crippen molar-refractivity contribution in [2.75, 3.05) is 0 Å². The molecule has 0 spiro atoms. The van der Waals surface area contributed by atoms with E-state index < -0.39 is 0 Å². The Labute approximate surface area is 164 Å². The van der Waals surface area contributed by atoms with E-state index >= 15 is 0 Å². The van der Waals surface area contributed by atoms with Crippen LogP contribution in [-0.2, 0) is 12.2 Å². The van der Waals surface area contributed by atoms with Crippen LogP contribution in [0.3, 0.4) is 0 Å². The Kier molecular flexibility index (Phi) is 6.10. The van der Waals surface area contributed by atoms with E-state index in [2.05, 4.69) is 36.0 Å². The molecule has 3 rings (SSSR count). The molecule has 0 fully saturated rings. The number of hydrogen-bond acceptors (Lipinski definition) is 5. The van der Waals surface area contributed by atoms with Gasteiger partial charge in [-0.3, -0.25) is 0 Å². The van der Waals surface area contributed by atoms with Crippen LogP contribution in [0.5, 0.6) is 11.6 Å². The zero-order valence-electron chi connectivity index (χ0n) is 15.7. The monoisotopic (exact) mass is 375 g/mol. The summed E-state index contributed by atoms with van der Waals surface area (Å²) in [6, 6.07) is 17.7. The van der Waals surface area contributed by atoms with Gasteiger partial charge in [-0.1, -0.05) is 49.0 Å². The molecule has 0 atom stereocenters. The van der Waals surface area contributed by atoms with Crippen LogP contribution < -0.4 is 4.74 Å². The predicted octanol–water partition coefficient (Wildman–Crippen LogP) is 5.61. The summed E-state index contributed by atoms with van der Waals surface area (Å²) in [5.41, 5.74) is 4.88. The molecule has 0 aliphatic carbocycles. The number of rotatable bonds is 6. The van der Waals surface area contributed by atoms with E-state index in [0.717, 1.165) is 29.0 Å². The lowest BCUT2D eigenvalue weighted by Crippen LogP contribution is -1.99. The van der Waals surface area contributed by atoms with Crippen LogP contribution in [0.25, 0.3) is 0 Å². The minimum atomic E-state index is 0.548. The molecule has 0 unspecified atom stereocenters. The molecule has 27 heavy (non-hydrogen) atoms. The average Bonchev–Trinajstić information content (AvgIpc) is 2.70. The number of hydrogen-bond donors (Lipinski definition) is 0. The number of thioether (sulfide) groups is 1. The fourth-order valence-electron chi connectivity index (χ4n) is 2.59. The smallest absolute Gasteiger partial charge is 0.223 e. The van der Waals surface area contributed by atoms with Gasteiger partial charge in [0.1, 0.15) is 5.75 Å². The van der Waals surface area contributed by atoms with Gasteiger partial charge < -0.3 is 4.74 Å². The summed E-state index contributed by atoms with van der Waals surface area (Å²) >= 11 is 1.51. The highest BCUT2D eigenvalue weighted by Gasteiger charge is 2.10. The Balaban J connectivity index is 1.83. The summed E-state index contributed by atoms with van der Waals surface area (Å²) < 4.78 is 6.05. The van der Waals surface area contributed by atoms with Gasteiger partial charge in [0.15, 0.2) is 5.16 Å². The topological polar surface area (TPSA) is 58.8 Å². The summed E-state index contributed by atoms with van der Waals surface area (Å²) in [5, 5.41) is 9.90. The van der Waals surface area contributed by atoms with E-state index in [-0.39, 0.29) is 0 Å². The highest BCUT2D eigenvalue weighted by Crippen LogP contribution is 2.29. The molecule has 0 aliphatic heterocycles. The summed E-state index contributed by atoms with van der Waals surface area (Å²) in [6.07, 6.45) is 0.800. The Morgan fingerprint density at radius 2 is 1.89 bits per heavy atom. The minimum Gasteiger partial charge on any atom is -0.439 e. The quantitative estimate of drug-likeness (QED) is 0.414. The van der Waals surface area contributed by atoms with E-state index in [0.29, 0.717) is 22.4 Å². The highest BCUT2D eigenvalue weighted by atomic mass is 32.2. The first-order valence-electron chi connectivity index (χ1n) is 8.83. The number of nitriles is 1. The molecular weight excluding hydrogens is 354 g/mol. The second-order valence-corrected chi connectivity index (χ2v) is 7.13. The second-order valence-electron chi connectivity index (χ2n) is 6.19. The van der Waals surface area contributed by atoms with Crippen molar-refractivity contribution in [2.24, 2.45) is 0 Å². The largest absolute Gasteiger partial charge is 0.439 e. The molecule has 0 aliphatic rings. The highest BCUT2D eigenvalue weighted by molar-refractivity contribution is 7.98. The Bertz CT molecular complexity index is 995. The summed E-state index contributed by atoms with van der Waals surface area (Å²) in [4.78, 5) is 9.16. The standard InChI is InChI=1S/C22H21N3OS/c1-4-19-12-21(26-20-11-7-8-15(2)16(20)3)25-22(24-19)27-14-18-10-6-5-9-17(18)13-23/h5-12H,4,14H2,1-3H3. The zero-order chi connectivity index (χ0) is 19.2.